The highest BCUT2D eigenvalue weighted by atomic mass is 19.3. The van der Waals surface area contributed by atoms with E-state index < -0.39 is 12.0 Å². The van der Waals surface area contributed by atoms with Gasteiger partial charge < -0.3 is 4.74 Å². The maximum Gasteiger partial charge on any atom is 0.387 e. The van der Waals surface area contributed by atoms with Gasteiger partial charge in [0.05, 0.1) is 11.4 Å². The summed E-state index contributed by atoms with van der Waals surface area (Å²) in [6.07, 6.45) is 10.4. The second kappa shape index (κ2) is 6.29. The molecule has 0 N–H and O–H groups in total. The number of halogens is 2. The number of alkyl halides is 2. The van der Waals surface area contributed by atoms with Crippen molar-refractivity contribution in [3.8, 4) is 11.3 Å². The van der Waals surface area contributed by atoms with Crippen LogP contribution in [0.25, 0.3) is 17.0 Å². The van der Waals surface area contributed by atoms with Crippen molar-refractivity contribution in [2.75, 3.05) is 0 Å². The average molecular weight is 355 g/mol. The zero-order valence-corrected chi connectivity index (χ0v) is 13.9. The molecule has 3 aromatic heterocycles. The molecule has 0 saturated heterocycles. The first-order valence-corrected chi connectivity index (χ1v) is 8.01. The molecule has 8 heteroatoms. The molecule has 132 valence electrons. The van der Waals surface area contributed by atoms with E-state index >= 15 is 0 Å². The first kappa shape index (κ1) is 16.3. The molecule has 1 unspecified atom stereocenters. The lowest BCUT2D eigenvalue weighted by atomic mass is 9.80. The van der Waals surface area contributed by atoms with Crippen LogP contribution in [-0.4, -0.2) is 31.2 Å². The monoisotopic (exact) mass is 355 g/mol. The number of hydrogen-bond donors (Lipinski definition) is 0. The molecular formula is C18H15F2N5O. The molecule has 4 rings (SSSR count). The van der Waals surface area contributed by atoms with E-state index in [9.17, 15) is 8.78 Å². The molecule has 0 saturated carbocycles. The molecule has 0 aliphatic heterocycles. The molecular weight excluding hydrogens is 340 g/mol. The predicted molar refractivity (Wildman–Crippen MR) is 90.3 cm³/mol. The van der Waals surface area contributed by atoms with Crippen molar-refractivity contribution in [2.24, 2.45) is 0 Å². The van der Waals surface area contributed by atoms with E-state index in [1.807, 2.05) is 31.2 Å². The number of ether oxygens (including phenoxy) is 1. The van der Waals surface area contributed by atoms with Gasteiger partial charge in [-0.3, -0.25) is 4.98 Å². The maximum absolute atomic E-state index is 12.4. The van der Waals surface area contributed by atoms with Crippen molar-refractivity contribution in [3.63, 3.8) is 0 Å². The third-order valence-electron chi connectivity index (χ3n) is 4.38. The minimum Gasteiger partial charge on any atom is -0.435 e. The van der Waals surface area contributed by atoms with Crippen LogP contribution in [0.1, 0.15) is 19.0 Å². The van der Waals surface area contributed by atoms with Gasteiger partial charge in [-0.2, -0.15) is 23.4 Å². The summed E-state index contributed by atoms with van der Waals surface area (Å²) in [6, 6.07) is 5.70. The first-order chi connectivity index (χ1) is 12.5. The SMILES string of the molecule is CC1(c2cc(-c3ccncc3)n3ncnc3n2)C=CC(OC(F)F)=CC1. The van der Waals surface area contributed by atoms with E-state index in [0.717, 1.165) is 17.0 Å². The van der Waals surface area contributed by atoms with Gasteiger partial charge in [-0.25, -0.2) is 4.98 Å². The molecule has 1 aliphatic carbocycles. The fourth-order valence-electron chi connectivity index (χ4n) is 2.93. The molecule has 0 spiro atoms. The van der Waals surface area contributed by atoms with Gasteiger partial charge in [0, 0.05) is 23.4 Å². The van der Waals surface area contributed by atoms with E-state index in [0.29, 0.717) is 12.2 Å². The Morgan fingerprint density at radius 2 is 2.08 bits per heavy atom. The quantitative estimate of drug-likeness (QED) is 0.716. The molecule has 0 aromatic carbocycles. The summed E-state index contributed by atoms with van der Waals surface area (Å²) in [7, 11) is 0. The summed E-state index contributed by atoms with van der Waals surface area (Å²) in [6.45, 7) is -0.843. The smallest absolute Gasteiger partial charge is 0.387 e. The van der Waals surface area contributed by atoms with Crippen LogP contribution in [0.15, 0.2) is 60.9 Å². The van der Waals surface area contributed by atoms with Gasteiger partial charge in [-0.05, 0) is 36.8 Å². The lowest BCUT2D eigenvalue weighted by Gasteiger charge is -2.27. The van der Waals surface area contributed by atoms with Crippen molar-refractivity contribution in [3.05, 3.63) is 66.6 Å². The lowest BCUT2D eigenvalue weighted by Crippen LogP contribution is -2.23. The van der Waals surface area contributed by atoms with E-state index in [2.05, 4.69) is 24.8 Å². The van der Waals surface area contributed by atoms with Gasteiger partial charge in [0.1, 0.15) is 12.1 Å². The number of aromatic nitrogens is 5. The molecule has 0 radical (unpaired) electrons. The number of allylic oxidation sites excluding steroid dienone is 3. The van der Waals surface area contributed by atoms with Gasteiger partial charge in [0.2, 0.25) is 0 Å². The van der Waals surface area contributed by atoms with Crippen LogP contribution in [0, 0.1) is 0 Å². The lowest BCUT2D eigenvalue weighted by molar-refractivity contribution is -0.0926. The highest BCUT2D eigenvalue weighted by Crippen LogP contribution is 2.35. The number of fused-ring (bicyclic) bond motifs is 1. The van der Waals surface area contributed by atoms with Gasteiger partial charge in [-0.1, -0.05) is 13.0 Å². The van der Waals surface area contributed by atoms with Crippen molar-refractivity contribution in [2.45, 2.75) is 25.4 Å². The van der Waals surface area contributed by atoms with Gasteiger partial charge >= 0.3 is 6.61 Å². The minimum absolute atomic E-state index is 0.162. The molecule has 3 heterocycles. The Morgan fingerprint density at radius 1 is 1.27 bits per heavy atom. The fraction of sp³-hybridized carbons (Fsp3) is 0.222. The van der Waals surface area contributed by atoms with Crippen LogP contribution in [0.5, 0.6) is 0 Å². The standard InChI is InChI=1S/C18H15F2N5O/c1-18(6-2-13(3-7-18)26-16(19)20)15-10-14(12-4-8-21-9-5-12)25-17(24-15)22-11-23-25/h2-6,8-11,16H,7H2,1H3. The van der Waals surface area contributed by atoms with Crippen LogP contribution in [-0.2, 0) is 10.2 Å². The largest absolute Gasteiger partial charge is 0.435 e. The van der Waals surface area contributed by atoms with Crippen LogP contribution in [0.2, 0.25) is 0 Å². The molecule has 26 heavy (non-hydrogen) atoms. The highest BCUT2D eigenvalue weighted by Gasteiger charge is 2.29. The second-order valence-electron chi connectivity index (χ2n) is 6.17. The molecule has 6 nitrogen and oxygen atoms in total. The van der Waals surface area contributed by atoms with Crippen molar-refractivity contribution >= 4 is 5.78 Å². The Kier molecular flexibility index (Phi) is 3.95. The van der Waals surface area contributed by atoms with Crippen molar-refractivity contribution in [1.29, 1.82) is 0 Å². The van der Waals surface area contributed by atoms with Crippen molar-refractivity contribution in [1.82, 2.24) is 24.6 Å². The van der Waals surface area contributed by atoms with Crippen molar-refractivity contribution < 1.29 is 13.5 Å². The van der Waals surface area contributed by atoms with Crippen LogP contribution < -0.4 is 0 Å². The van der Waals surface area contributed by atoms with Gasteiger partial charge in [0.25, 0.3) is 5.78 Å². The first-order valence-electron chi connectivity index (χ1n) is 8.01. The van der Waals surface area contributed by atoms with E-state index in [1.54, 1.807) is 29.1 Å². The Labute approximate surface area is 147 Å². The minimum atomic E-state index is -2.83. The summed E-state index contributed by atoms with van der Waals surface area (Å²) >= 11 is 0. The third-order valence-corrected chi connectivity index (χ3v) is 4.38. The highest BCUT2D eigenvalue weighted by molar-refractivity contribution is 5.62. The number of pyridine rings is 1. The normalized spacial score (nSPS) is 19.8. The fourth-order valence-corrected chi connectivity index (χ4v) is 2.93. The Morgan fingerprint density at radius 3 is 2.77 bits per heavy atom. The zero-order chi connectivity index (χ0) is 18.1. The van der Waals surface area contributed by atoms with E-state index in [1.165, 1.54) is 6.33 Å². The predicted octanol–water partition coefficient (Wildman–Crippen LogP) is 3.53. The molecule has 3 aromatic rings. The van der Waals surface area contributed by atoms with Crippen LogP contribution in [0.4, 0.5) is 8.78 Å². The third kappa shape index (κ3) is 2.94. The number of hydrogen-bond acceptors (Lipinski definition) is 5. The summed E-state index contributed by atoms with van der Waals surface area (Å²) in [5, 5.41) is 4.24. The topological polar surface area (TPSA) is 65.2 Å². The summed E-state index contributed by atoms with van der Waals surface area (Å²) < 4.78 is 30.9. The Hall–Kier alpha value is -3.16. The van der Waals surface area contributed by atoms with E-state index in [4.69, 9.17) is 0 Å². The molecule has 0 amide bonds. The average Bonchev–Trinajstić information content (AvgIpc) is 3.12. The molecule has 0 bridgehead atoms. The summed E-state index contributed by atoms with van der Waals surface area (Å²) in [5.41, 5.74) is 2.07. The summed E-state index contributed by atoms with van der Waals surface area (Å²) in [5.74, 6) is 0.637. The number of nitrogens with zero attached hydrogens (tertiary/aromatic N) is 5. The second-order valence-corrected chi connectivity index (χ2v) is 6.17. The Bertz CT molecular complexity index is 999. The van der Waals surface area contributed by atoms with Crippen LogP contribution in [0.3, 0.4) is 0 Å². The maximum atomic E-state index is 12.4. The summed E-state index contributed by atoms with van der Waals surface area (Å²) in [4.78, 5) is 12.9. The van der Waals surface area contributed by atoms with E-state index in [-0.39, 0.29) is 5.76 Å². The van der Waals surface area contributed by atoms with Gasteiger partial charge in [0.15, 0.2) is 0 Å². The molecule has 1 atom stereocenters. The van der Waals surface area contributed by atoms with Gasteiger partial charge in [-0.15, -0.1) is 0 Å². The number of rotatable bonds is 4. The van der Waals surface area contributed by atoms with Crippen LogP contribution >= 0.6 is 0 Å². The Balaban J connectivity index is 1.76. The molecule has 1 aliphatic rings. The zero-order valence-electron chi connectivity index (χ0n) is 13.9. The molecule has 0 fully saturated rings.